The molecule has 5 heteroatoms. The number of carbonyl (C=O) groups excluding carboxylic acids is 1. The van der Waals surface area contributed by atoms with Crippen molar-refractivity contribution in [3.05, 3.63) is 16.1 Å². The number of carbonyl (C=O) groups is 1. The van der Waals surface area contributed by atoms with Gasteiger partial charge in [-0.15, -0.1) is 11.3 Å². The summed E-state index contributed by atoms with van der Waals surface area (Å²) in [6.07, 6.45) is 9.26. The number of nitrogens with one attached hydrogen (secondary N) is 1. The Bertz CT molecular complexity index is 427. The van der Waals surface area contributed by atoms with Gasteiger partial charge < -0.3 is 10.2 Å². The summed E-state index contributed by atoms with van der Waals surface area (Å²) in [6, 6.07) is 0.704. The van der Waals surface area contributed by atoms with E-state index in [1.165, 1.54) is 43.4 Å². The number of aromatic nitrogens is 1. The van der Waals surface area contributed by atoms with Crippen LogP contribution >= 0.6 is 11.3 Å². The molecule has 0 saturated heterocycles. The number of rotatable bonds is 6. The molecular formula is C15H25N3OS. The molecule has 20 heavy (non-hydrogen) atoms. The summed E-state index contributed by atoms with van der Waals surface area (Å²) in [4.78, 5) is 19.3. The van der Waals surface area contributed by atoms with Gasteiger partial charge in [0.15, 0.2) is 0 Å². The van der Waals surface area contributed by atoms with Crippen molar-refractivity contribution in [1.29, 1.82) is 0 Å². The fraction of sp³-hybridized carbons (Fsp3) is 0.733. The second kappa shape index (κ2) is 7.74. The number of likely N-dealkylation sites (N-methyl/N-ethyl adjacent to an activating group) is 1. The summed E-state index contributed by atoms with van der Waals surface area (Å²) in [7, 11) is 2.17. The van der Waals surface area contributed by atoms with Gasteiger partial charge in [0.25, 0.3) is 5.91 Å². The Hall–Kier alpha value is -0.940. The van der Waals surface area contributed by atoms with Crippen molar-refractivity contribution in [2.24, 2.45) is 0 Å². The molecule has 0 aromatic carbocycles. The van der Waals surface area contributed by atoms with Crippen molar-refractivity contribution in [3.8, 4) is 0 Å². The Morgan fingerprint density at radius 2 is 2.20 bits per heavy atom. The van der Waals surface area contributed by atoms with E-state index in [0.29, 0.717) is 12.6 Å². The lowest BCUT2D eigenvalue weighted by Gasteiger charge is -2.31. The lowest BCUT2D eigenvalue weighted by atomic mass is 9.94. The van der Waals surface area contributed by atoms with E-state index < -0.39 is 0 Å². The van der Waals surface area contributed by atoms with Crippen molar-refractivity contribution in [2.45, 2.75) is 51.5 Å². The highest BCUT2D eigenvalue weighted by atomic mass is 32.1. The molecule has 112 valence electrons. The molecule has 1 saturated carbocycles. The van der Waals surface area contributed by atoms with Gasteiger partial charge in [0.05, 0.1) is 11.2 Å². The van der Waals surface area contributed by atoms with Crippen molar-refractivity contribution in [2.75, 3.05) is 20.1 Å². The van der Waals surface area contributed by atoms with Crippen molar-refractivity contribution in [1.82, 2.24) is 15.2 Å². The summed E-state index contributed by atoms with van der Waals surface area (Å²) < 4.78 is 0. The Morgan fingerprint density at radius 1 is 1.45 bits per heavy atom. The molecule has 4 nitrogen and oxygen atoms in total. The van der Waals surface area contributed by atoms with E-state index in [0.717, 1.165) is 22.9 Å². The molecule has 1 aromatic rings. The molecular weight excluding hydrogens is 270 g/mol. The number of aryl methyl sites for hydroxylation is 1. The molecule has 1 aliphatic rings. The van der Waals surface area contributed by atoms with Crippen LogP contribution in [0.2, 0.25) is 0 Å². The number of hydrogen-bond donors (Lipinski definition) is 1. The Labute approximate surface area is 125 Å². The minimum Gasteiger partial charge on any atom is -0.350 e. The monoisotopic (exact) mass is 295 g/mol. The fourth-order valence-electron chi connectivity index (χ4n) is 2.72. The van der Waals surface area contributed by atoms with Crippen LogP contribution in [-0.2, 0) is 6.42 Å². The van der Waals surface area contributed by atoms with Gasteiger partial charge in [0.2, 0.25) is 0 Å². The SMILES string of the molecule is CCc1ncc(C(=O)NCCN(C)C2CCCCC2)s1. The second-order valence-corrected chi connectivity index (χ2v) is 6.62. The van der Waals surface area contributed by atoms with E-state index >= 15 is 0 Å². The maximum absolute atomic E-state index is 12.0. The highest BCUT2D eigenvalue weighted by Gasteiger charge is 2.17. The standard InChI is InChI=1S/C15H25N3OS/c1-3-14-17-11-13(20-14)15(19)16-9-10-18(2)12-7-5-4-6-8-12/h11-12H,3-10H2,1-2H3,(H,16,19). The third-order valence-corrected chi connectivity index (χ3v) is 5.17. The van der Waals surface area contributed by atoms with Crippen LogP contribution in [-0.4, -0.2) is 42.0 Å². The molecule has 1 N–H and O–H groups in total. The van der Waals surface area contributed by atoms with Gasteiger partial charge in [-0.25, -0.2) is 4.98 Å². The minimum atomic E-state index is 0.0132. The zero-order valence-corrected chi connectivity index (χ0v) is 13.3. The lowest BCUT2D eigenvalue weighted by molar-refractivity contribution is 0.0948. The van der Waals surface area contributed by atoms with Gasteiger partial charge in [0.1, 0.15) is 4.88 Å². The van der Waals surface area contributed by atoms with Crippen molar-refractivity contribution >= 4 is 17.2 Å². The minimum absolute atomic E-state index is 0.0132. The first-order valence-electron chi connectivity index (χ1n) is 7.64. The van der Waals surface area contributed by atoms with Gasteiger partial charge >= 0.3 is 0 Å². The zero-order valence-electron chi connectivity index (χ0n) is 12.5. The maximum atomic E-state index is 12.0. The maximum Gasteiger partial charge on any atom is 0.263 e. The molecule has 0 aliphatic heterocycles. The van der Waals surface area contributed by atoms with Crippen LogP contribution in [0.1, 0.15) is 53.7 Å². The summed E-state index contributed by atoms with van der Waals surface area (Å²) in [5, 5.41) is 4.02. The van der Waals surface area contributed by atoms with Crippen LogP contribution < -0.4 is 5.32 Å². The summed E-state index contributed by atoms with van der Waals surface area (Å²) in [5.74, 6) is 0.0132. The molecule has 1 fully saturated rings. The van der Waals surface area contributed by atoms with Crippen molar-refractivity contribution in [3.63, 3.8) is 0 Å². The first-order valence-corrected chi connectivity index (χ1v) is 8.45. The van der Waals surface area contributed by atoms with E-state index in [4.69, 9.17) is 0 Å². The van der Waals surface area contributed by atoms with Crippen LogP contribution in [0, 0.1) is 0 Å². The Kier molecular flexibility index (Phi) is 5.98. The van der Waals surface area contributed by atoms with E-state index in [-0.39, 0.29) is 5.91 Å². The quantitative estimate of drug-likeness (QED) is 0.877. The first kappa shape index (κ1) is 15.4. The topological polar surface area (TPSA) is 45.2 Å². The first-order chi connectivity index (χ1) is 9.70. The van der Waals surface area contributed by atoms with Gasteiger partial charge in [-0.05, 0) is 26.3 Å². The second-order valence-electron chi connectivity index (χ2n) is 5.50. The lowest BCUT2D eigenvalue weighted by Crippen LogP contribution is -2.39. The molecule has 0 spiro atoms. The van der Waals surface area contributed by atoms with Crippen LogP contribution in [0.3, 0.4) is 0 Å². The largest absolute Gasteiger partial charge is 0.350 e. The normalized spacial score (nSPS) is 16.6. The van der Waals surface area contributed by atoms with Gasteiger partial charge in [-0.2, -0.15) is 0 Å². The third kappa shape index (κ3) is 4.28. The van der Waals surface area contributed by atoms with Crippen LogP contribution in [0.25, 0.3) is 0 Å². The highest BCUT2D eigenvalue weighted by Crippen LogP contribution is 2.21. The average molecular weight is 295 g/mol. The van der Waals surface area contributed by atoms with Crippen LogP contribution in [0.4, 0.5) is 0 Å². The number of amides is 1. The molecule has 1 aliphatic carbocycles. The van der Waals surface area contributed by atoms with Crippen molar-refractivity contribution < 1.29 is 4.79 Å². The predicted octanol–water partition coefficient (Wildman–Crippen LogP) is 2.70. The van der Waals surface area contributed by atoms with E-state index in [2.05, 4.69) is 29.2 Å². The van der Waals surface area contributed by atoms with E-state index in [9.17, 15) is 4.79 Å². The van der Waals surface area contributed by atoms with Crippen LogP contribution in [0.5, 0.6) is 0 Å². The number of hydrogen-bond acceptors (Lipinski definition) is 4. The summed E-state index contributed by atoms with van der Waals surface area (Å²) >= 11 is 1.49. The Balaban J connectivity index is 1.70. The number of nitrogens with zero attached hydrogens (tertiary/aromatic N) is 2. The average Bonchev–Trinajstić information content (AvgIpc) is 2.97. The fourth-order valence-corrected chi connectivity index (χ4v) is 3.49. The van der Waals surface area contributed by atoms with E-state index in [1.54, 1.807) is 6.20 Å². The molecule has 1 aromatic heterocycles. The predicted molar refractivity (Wildman–Crippen MR) is 83.3 cm³/mol. The summed E-state index contributed by atoms with van der Waals surface area (Å²) in [6.45, 7) is 3.70. The highest BCUT2D eigenvalue weighted by molar-refractivity contribution is 7.13. The Morgan fingerprint density at radius 3 is 2.85 bits per heavy atom. The molecule has 2 rings (SSSR count). The zero-order chi connectivity index (χ0) is 14.4. The molecule has 1 heterocycles. The molecule has 0 bridgehead atoms. The van der Waals surface area contributed by atoms with E-state index in [1.807, 2.05) is 0 Å². The number of thiazole rings is 1. The summed E-state index contributed by atoms with van der Waals surface area (Å²) in [5.41, 5.74) is 0. The van der Waals surface area contributed by atoms with Gasteiger partial charge in [-0.1, -0.05) is 26.2 Å². The molecule has 0 atom stereocenters. The smallest absolute Gasteiger partial charge is 0.263 e. The molecule has 0 unspecified atom stereocenters. The van der Waals surface area contributed by atoms with Crippen LogP contribution in [0.15, 0.2) is 6.20 Å². The van der Waals surface area contributed by atoms with Gasteiger partial charge in [-0.3, -0.25) is 4.79 Å². The third-order valence-electron chi connectivity index (χ3n) is 4.03. The molecule has 1 amide bonds. The van der Waals surface area contributed by atoms with Gasteiger partial charge in [0, 0.05) is 19.1 Å². The molecule has 0 radical (unpaired) electrons.